The van der Waals surface area contributed by atoms with Gasteiger partial charge < -0.3 is 33.8 Å². The lowest BCUT2D eigenvalue weighted by Crippen LogP contribution is -2.30. The molecule has 0 spiro atoms. The molecule has 93 heavy (non-hydrogen) atoms. The van der Waals surface area contributed by atoms with Crippen molar-refractivity contribution in [1.29, 1.82) is 0 Å². The van der Waals surface area contributed by atoms with E-state index in [2.05, 4.69) is 55.4 Å². The molecule has 0 aliphatic rings. The van der Waals surface area contributed by atoms with Crippen LogP contribution >= 0.6 is 15.6 Å². The van der Waals surface area contributed by atoms with Crippen LogP contribution in [0.2, 0.25) is 0 Å². The van der Waals surface area contributed by atoms with E-state index in [1.165, 1.54) is 167 Å². The van der Waals surface area contributed by atoms with Crippen LogP contribution in [0.25, 0.3) is 0 Å². The van der Waals surface area contributed by atoms with Gasteiger partial charge in [0.2, 0.25) is 0 Å². The summed E-state index contributed by atoms with van der Waals surface area (Å²) in [6, 6.07) is 0. The van der Waals surface area contributed by atoms with E-state index in [1.807, 2.05) is 0 Å². The van der Waals surface area contributed by atoms with Gasteiger partial charge in [0, 0.05) is 25.7 Å². The lowest BCUT2D eigenvalue weighted by atomic mass is 10.0. The summed E-state index contributed by atoms with van der Waals surface area (Å²) >= 11 is 0. The predicted octanol–water partition coefficient (Wildman–Crippen LogP) is 21.3. The minimum atomic E-state index is -4.96. The van der Waals surface area contributed by atoms with Crippen LogP contribution in [-0.4, -0.2) is 96.7 Å². The molecule has 0 heterocycles. The van der Waals surface area contributed by atoms with E-state index in [-0.39, 0.29) is 25.7 Å². The van der Waals surface area contributed by atoms with Gasteiger partial charge in [0.25, 0.3) is 0 Å². The third kappa shape index (κ3) is 68.4. The van der Waals surface area contributed by atoms with Crippen LogP contribution in [0.15, 0.2) is 0 Å². The molecule has 0 aromatic carbocycles. The van der Waals surface area contributed by atoms with Gasteiger partial charge in [-0.25, -0.2) is 9.13 Å². The van der Waals surface area contributed by atoms with Gasteiger partial charge in [0.1, 0.15) is 19.3 Å². The number of phosphoric ester groups is 2. The zero-order valence-corrected chi connectivity index (χ0v) is 62.7. The molecule has 0 rings (SSSR count). The summed E-state index contributed by atoms with van der Waals surface area (Å²) in [6.07, 6.45) is 47.3. The molecule has 0 bridgehead atoms. The Morgan fingerprint density at radius 2 is 0.452 bits per heavy atom. The maximum absolute atomic E-state index is 13.1. The lowest BCUT2D eigenvalue weighted by Gasteiger charge is -2.21. The summed E-state index contributed by atoms with van der Waals surface area (Å²) in [5.74, 6) is 0.875. The molecule has 0 fully saturated rings. The Balaban J connectivity index is 5.23. The van der Waals surface area contributed by atoms with Gasteiger partial charge in [0.15, 0.2) is 12.2 Å². The van der Waals surface area contributed by atoms with E-state index in [0.717, 1.165) is 114 Å². The molecule has 17 nitrogen and oxygen atoms in total. The molecule has 0 saturated heterocycles. The zero-order valence-electron chi connectivity index (χ0n) is 60.9. The number of rotatable bonds is 71. The van der Waals surface area contributed by atoms with Gasteiger partial charge in [-0.1, -0.05) is 319 Å². The Hall–Kier alpha value is -1.94. The molecule has 2 unspecified atom stereocenters. The van der Waals surface area contributed by atoms with Crippen molar-refractivity contribution in [2.45, 2.75) is 388 Å². The van der Waals surface area contributed by atoms with Crippen molar-refractivity contribution >= 4 is 39.5 Å². The van der Waals surface area contributed by atoms with Crippen LogP contribution in [0, 0.1) is 23.7 Å². The van der Waals surface area contributed by atoms with E-state index < -0.39 is 97.5 Å². The van der Waals surface area contributed by atoms with Crippen molar-refractivity contribution in [2.75, 3.05) is 39.6 Å². The second-order valence-electron chi connectivity index (χ2n) is 28.6. The zero-order chi connectivity index (χ0) is 68.9. The summed E-state index contributed by atoms with van der Waals surface area (Å²) in [6.45, 7) is 14.1. The number of aliphatic hydroxyl groups is 1. The second-order valence-corrected chi connectivity index (χ2v) is 31.5. The average molecular weight is 1370 g/mol. The quantitative estimate of drug-likeness (QED) is 0.0222. The topological polar surface area (TPSA) is 237 Å². The van der Waals surface area contributed by atoms with E-state index in [0.29, 0.717) is 31.6 Å². The van der Waals surface area contributed by atoms with Gasteiger partial charge in [-0.15, -0.1) is 0 Å². The van der Waals surface area contributed by atoms with Crippen LogP contribution in [0.1, 0.15) is 370 Å². The maximum atomic E-state index is 13.1. The average Bonchev–Trinajstić information content (AvgIpc) is 2.38. The van der Waals surface area contributed by atoms with Crippen molar-refractivity contribution in [1.82, 2.24) is 0 Å². The van der Waals surface area contributed by atoms with Crippen molar-refractivity contribution in [3.8, 4) is 0 Å². The summed E-state index contributed by atoms with van der Waals surface area (Å²) < 4.78 is 68.4. The fourth-order valence-electron chi connectivity index (χ4n) is 11.2. The highest BCUT2D eigenvalue weighted by atomic mass is 31.2. The maximum Gasteiger partial charge on any atom is 0.472 e. The molecule has 552 valence electrons. The number of carbonyl (C=O) groups excluding carboxylic acids is 4. The molecule has 5 atom stereocenters. The Bertz CT molecular complexity index is 1830. The normalized spacial score (nSPS) is 14.2. The van der Waals surface area contributed by atoms with Crippen molar-refractivity contribution in [3.05, 3.63) is 0 Å². The number of aliphatic hydroxyl groups excluding tert-OH is 1. The number of phosphoric acid groups is 2. The van der Waals surface area contributed by atoms with Crippen molar-refractivity contribution in [3.63, 3.8) is 0 Å². The van der Waals surface area contributed by atoms with E-state index in [1.54, 1.807) is 0 Å². The molecule has 0 amide bonds. The minimum Gasteiger partial charge on any atom is -0.462 e. The first kappa shape index (κ1) is 91.1. The Morgan fingerprint density at radius 3 is 0.667 bits per heavy atom. The number of unbranched alkanes of at least 4 members (excludes halogenated alkanes) is 37. The van der Waals surface area contributed by atoms with Gasteiger partial charge in [-0.05, 0) is 49.4 Å². The molecule has 0 aromatic heterocycles. The first-order valence-electron chi connectivity index (χ1n) is 38.2. The minimum absolute atomic E-state index is 0.105. The monoisotopic (exact) mass is 1370 g/mol. The summed E-state index contributed by atoms with van der Waals surface area (Å²) in [7, 11) is -9.91. The molecule has 0 radical (unpaired) electrons. The van der Waals surface area contributed by atoms with Crippen molar-refractivity contribution < 1.29 is 80.2 Å². The van der Waals surface area contributed by atoms with Crippen LogP contribution in [0.5, 0.6) is 0 Å². The number of esters is 4. The van der Waals surface area contributed by atoms with Crippen LogP contribution in [0.3, 0.4) is 0 Å². The summed E-state index contributed by atoms with van der Waals surface area (Å²) in [5, 5.41) is 10.6. The molecule has 0 aliphatic carbocycles. The fraction of sp³-hybridized carbons (Fsp3) is 0.946. The van der Waals surface area contributed by atoms with Gasteiger partial charge in [-0.3, -0.25) is 37.3 Å². The van der Waals surface area contributed by atoms with Gasteiger partial charge >= 0.3 is 39.5 Å². The van der Waals surface area contributed by atoms with Crippen molar-refractivity contribution in [2.24, 2.45) is 23.7 Å². The Labute approximate surface area is 568 Å². The second kappa shape index (κ2) is 63.5. The van der Waals surface area contributed by atoms with E-state index in [9.17, 15) is 43.2 Å². The SMILES string of the molecule is CC(C)CCCCCCCCCCCCCCCC(=O)O[C@H](COC(=O)CCCCCCCCC(C)C)COP(=O)(O)OC[C@H](O)COP(=O)(O)OC[C@@H](COC(=O)CCCCCCCCCCCCCCC(C)C)OC(=O)CCCCCCCCCCCCC(C)C. The Kier molecular flexibility index (Phi) is 62.2. The largest absolute Gasteiger partial charge is 0.472 e. The number of hydrogen-bond donors (Lipinski definition) is 3. The molecular weight excluding hydrogens is 1220 g/mol. The highest BCUT2D eigenvalue weighted by Gasteiger charge is 2.30. The highest BCUT2D eigenvalue weighted by molar-refractivity contribution is 7.47. The smallest absolute Gasteiger partial charge is 0.462 e. The van der Waals surface area contributed by atoms with E-state index >= 15 is 0 Å². The summed E-state index contributed by atoms with van der Waals surface area (Å²) in [4.78, 5) is 72.7. The number of carbonyl (C=O) groups is 4. The highest BCUT2D eigenvalue weighted by Crippen LogP contribution is 2.45. The molecule has 3 N–H and O–H groups in total. The number of ether oxygens (including phenoxy) is 4. The summed E-state index contributed by atoms with van der Waals surface area (Å²) in [5.41, 5.74) is 0. The first-order valence-corrected chi connectivity index (χ1v) is 41.2. The number of hydrogen-bond acceptors (Lipinski definition) is 15. The standard InChI is InChI=1S/C74H144O17P2/c1-64(2)50-42-34-26-20-14-10-9-11-17-24-30-40-48-56-73(78)91-70(61-85-72(77)55-47-39-33-32-37-45-53-67(7)8)63-89-93(82,83)87-59-68(75)58-86-92(80,81)88-62-69(90-74(79)57-49-41-31-25-19-18-22-28-36-44-52-66(5)6)60-84-71(76)54-46-38-29-23-16-13-12-15-21-27-35-43-51-65(3)4/h64-70,75H,9-63H2,1-8H3,(H,80,81)(H,82,83)/t68-,69-,70-/m1/s1. The molecular formula is C74H144O17P2. The van der Waals surface area contributed by atoms with Crippen LogP contribution in [-0.2, 0) is 65.4 Å². The van der Waals surface area contributed by atoms with E-state index in [4.69, 9.17) is 37.0 Å². The molecule has 19 heteroatoms. The van der Waals surface area contributed by atoms with Gasteiger partial charge in [0.05, 0.1) is 26.4 Å². The lowest BCUT2D eigenvalue weighted by molar-refractivity contribution is -0.161. The Morgan fingerprint density at radius 1 is 0.269 bits per heavy atom. The third-order valence-electron chi connectivity index (χ3n) is 17.1. The molecule has 0 saturated carbocycles. The third-order valence-corrected chi connectivity index (χ3v) is 19.0. The molecule has 0 aliphatic heterocycles. The van der Waals surface area contributed by atoms with Crippen LogP contribution in [0.4, 0.5) is 0 Å². The molecule has 0 aromatic rings. The fourth-order valence-corrected chi connectivity index (χ4v) is 12.8. The first-order chi connectivity index (χ1) is 44.6. The van der Waals surface area contributed by atoms with Crippen LogP contribution < -0.4 is 0 Å². The van der Waals surface area contributed by atoms with Gasteiger partial charge in [-0.2, -0.15) is 0 Å². The predicted molar refractivity (Wildman–Crippen MR) is 377 cm³/mol.